The number of anilines is 3. The number of nitrogens with one attached hydrogen (secondary N) is 1. The summed E-state index contributed by atoms with van der Waals surface area (Å²) in [6.45, 7) is 2.74. The maximum absolute atomic E-state index is 11.3. The number of methoxy groups -OCH3 is 3. The predicted octanol–water partition coefficient (Wildman–Crippen LogP) is 2.87. The van der Waals surface area contributed by atoms with Gasteiger partial charge in [-0.05, 0) is 25.8 Å². The molecule has 1 saturated heterocycles. The van der Waals surface area contributed by atoms with Crippen LogP contribution in [0.2, 0.25) is 0 Å². The molecule has 0 amide bonds. The predicted molar refractivity (Wildman–Crippen MR) is 129 cm³/mol. The van der Waals surface area contributed by atoms with Gasteiger partial charge in [-0.1, -0.05) is 0 Å². The summed E-state index contributed by atoms with van der Waals surface area (Å²) in [5.74, 6) is 3.48. The molecule has 4 aromatic rings. The summed E-state index contributed by atoms with van der Waals surface area (Å²) in [7, 11) is 4.74. The molecule has 5 heterocycles. The van der Waals surface area contributed by atoms with Gasteiger partial charge < -0.3 is 34.1 Å². The van der Waals surface area contributed by atoms with Gasteiger partial charge in [-0.25, -0.2) is 9.50 Å². The molecule has 2 atom stereocenters. The Morgan fingerprint density at radius 2 is 1.91 bits per heavy atom. The van der Waals surface area contributed by atoms with Crippen molar-refractivity contribution in [3.05, 3.63) is 42.5 Å². The topological polar surface area (TPSA) is 111 Å². The Kier molecular flexibility index (Phi) is 4.78. The first-order valence-corrected chi connectivity index (χ1v) is 11.4. The van der Waals surface area contributed by atoms with Crippen LogP contribution in [-0.4, -0.2) is 63.2 Å². The van der Waals surface area contributed by atoms with E-state index in [1.165, 1.54) is 0 Å². The van der Waals surface area contributed by atoms with Crippen LogP contribution in [0.3, 0.4) is 0 Å². The largest absolute Gasteiger partial charge is 0.493 e. The molecule has 182 valence electrons. The molecule has 0 bridgehead atoms. The van der Waals surface area contributed by atoms with Crippen molar-refractivity contribution in [3.63, 3.8) is 0 Å². The van der Waals surface area contributed by atoms with Crippen molar-refractivity contribution in [2.75, 3.05) is 38.1 Å². The Labute approximate surface area is 201 Å². The molecule has 1 fully saturated rings. The zero-order valence-electron chi connectivity index (χ0n) is 20.0. The number of fused-ring (bicyclic) bond motifs is 2. The summed E-state index contributed by atoms with van der Waals surface area (Å²) in [5, 5.41) is 19.1. The molecular formula is C24H27N7O4. The molecule has 6 rings (SSSR count). The summed E-state index contributed by atoms with van der Waals surface area (Å²) in [6.07, 6.45) is 7.34. The van der Waals surface area contributed by atoms with Crippen LogP contribution in [0, 0.1) is 0 Å². The minimum Gasteiger partial charge on any atom is -0.493 e. The van der Waals surface area contributed by atoms with Gasteiger partial charge in [0.15, 0.2) is 23.1 Å². The minimum absolute atomic E-state index is 0.00295. The lowest BCUT2D eigenvalue weighted by Crippen LogP contribution is -2.49. The summed E-state index contributed by atoms with van der Waals surface area (Å²) in [6, 6.07) is 5.63. The summed E-state index contributed by atoms with van der Waals surface area (Å²) in [4.78, 5) is 11.5. The van der Waals surface area contributed by atoms with Crippen molar-refractivity contribution in [2.24, 2.45) is 0 Å². The van der Waals surface area contributed by atoms with Gasteiger partial charge in [0.25, 0.3) is 0 Å². The monoisotopic (exact) mass is 477 g/mol. The Bertz CT molecular complexity index is 1400. The van der Waals surface area contributed by atoms with Gasteiger partial charge in [0.05, 0.1) is 39.3 Å². The molecule has 2 aliphatic heterocycles. The Balaban J connectivity index is 1.35. The van der Waals surface area contributed by atoms with Crippen LogP contribution in [-0.2, 0) is 5.60 Å². The van der Waals surface area contributed by atoms with E-state index in [0.717, 1.165) is 42.0 Å². The number of aliphatic hydroxyl groups is 1. The first kappa shape index (κ1) is 21.5. The molecule has 0 aliphatic carbocycles. The Hall–Kier alpha value is -3.99. The molecule has 2 aliphatic rings. The lowest BCUT2D eigenvalue weighted by molar-refractivity contribution is 0.0294. The van der Waals surface area contributed by atoms with Crippen LogP contribution in [0.15, 0.2) is 36.9 Å². The zero-order chi connectivity index (χ0) is 24.3. The number of rotatable bonds is 6. The fourth-order valence-corrected chi connectivity index (χ4v) is 5.31. The van der Waals surface area contributed by atoms with E-state index in [1.54, 1.807) is 32.2 Å². The molecule has 1 unspecified atom stereocenters. The highest BCUT2D eigenvalue weighted by Crippen LogP contribution is 2.46. The number of hydrogen-bond donors (Lipinski definition) is 2. The van der Waals surface area contributed by atoms with Crippen LogP contribution in [0.5, 0.6) is 17.2 Å². The highest BCUT2D eigenvalue weighted by atomic mass is 16.5. The smallest absolute Gasteiger partial charge is 0.248 e. The van der Waals surface area contributed by atoms with Crippen LogP contribution in [0.4, 0.5) is 17.6 Å². The van der Waals surface area contributed by atoms with Crippen molar-refractivity contribution in [1.82, 2.24) is 24.1 Å². The molecule has 0 saturated carbocycles. The second-order valence-electron chi connectivity index (χ2n) is 8.96. The van der Waals surface area contributed by atoms with Crippen LogP contribution >= 0.6 is 0 Å². The number of ether oxygens (including phenoxy) is 3. The lowest BCUT2D eigenvalue weighted by Gasteiger charge is -2.41. The van der Waals surface area contributed by atoms with Gasteiger partial charge in [0.2, 0.25) is 11.7 Å². The van der Waals surface area contributed by atoms with Crippen LogP contribution < -0.4 is 24.4 Å². The van der Waals surface area contributed by atoms with Crippen molar-refractivity contribution in [2.45, 2.75) is 31.4 Å². The Morgan fingerprint density at radius 3 is 2.63 bits per heavy atom. The fraction of sp³-hybridized carbons (Fsp3) is 0.375. The molecule has 1 aromatic carbocycles. The molecule has 11 nitrogen and oxygen atoms in total. The van der Waals surface area contributed by atoms with E-state index in [1.807, 2.05) is 42.1 Å². The van der Waals surface area contributed by atoms with E-state index < -0.39 is 5.60 Å². The van der Waals surface area contributed by atoms with E-state index in [-0.39, 0.29) is 6.04 Å². The van der Waals surface area contributed by atoms with E-state index in [4.69, 9.17) is 19.2 Å². The number of imidazole rings is 1. The van der Waals surface area contributed by atoms with Gasteiger partial charge in [0.1, 0.15) is 17.4 Å². The second kappa shape index (κ2) is 7.77. The van der Waals surface area contributed by atoms with E-state index in [2.05, 4.69) is 20.3 Å². The third kappa shape index (κ3) is 3.18. The number of benzene rings is 1. The normalized spacial score (nSPS) is 20.7. The first-order chi connectivity index (χ1) is 16.9. The van der Waals surface area contributed by atoms with E-state index in [0.29, 0.717) is 29.0 Å². The molecule has 0 spiro atoms. The molecule has 11 heteroatoms. The Morgan fingerprint density at radius 1 is 1.14 bits per heavy atom. The SMILES string of the molecule is COc1cc(-n2cnc(Nc3nc4c5c(ccn5n3)C(C)(O)[C@@H]3CCCN43)c2)cc(OC)c1OC. The molecule has 35 heavy (non-hydrogen) atoms. The molecule has 2 N–H and O–H groups in total. The first-order valence-electron chi connectivity index (χ1n) is 11.4. The van der Waals surface area contributed by atoms with E-state index in [9.17, 15) is 5.11 Å². The minimum atomic E-state index is -0.935. The fourth-order valence-electron chi connectivity index (χ4n) is 5.31. The maximum atomic E-state index is 11.3. The maximum Gasteiger partial charge on any atom is 0.248 e. The van der Waals surface area contributed by atoms with Crippen LogP contribution in [0.25, 0.3) is 11.2 Å². The van der Waals surface area contributed by atoms with E-state index >= 15 is 0 Å². The molecule has 0 radical (unpaired) electrons. The highest BCUT2D eigenvalue weighted by Gasteiger charge is 2.47. The number of nitrogens with zero attached hydrogens (tertiary/aromatic N) is 6. The second-order valence-corrected chi connectivity index (χ2v) is 8.96. The van der Waals surface area contributed by atoms with Crippen molar-refractivity contribution in [3.8, 4) is 22.9 Å². The average Bonchev–Trinajstić information content (AvgIpc) is 3.62. The third-order valence-corrected chi connectivity index (χ3v) is 6.98. The standard InChI is InChI=1S/C24H27N7O4/c1-24(32)15-7-9-31-20(15)22(30-8-5-6-18(24)30)27-23(28-31)26-19-12-29(13-25-19)14-10-16(33-2)21(35-4)17(11-14)34-3/h7,9-13,18,32H,5-6,8H2,1-4H3,(H,26,28)/t18-,24?/m0/s1. The van der Waals surface area contributed by atoms with Gasteiger partial charge in [-0.15, -0.1) is 5.10 Å². The zero-order valence-corrected chi connectivity index (χ0v) is 20.0. The number of hydrogen-bond acceptors (Lipinski definition) is 9. The van der Waals surface area contributed by atoms with Crippen molar-refractivity contribution < 1.29 is 19.3 Å². The third-order valence-electron chi connectivity index (χ3n) is 6.98. The summed E-state index contributed by atoms with van der Waals surface area (Å²) in [5.41, 5.74) is 1.58. The summed E-state index contributed by atoms with van der Waals surface area (Å²) < 4.78 is 20.0. The summed E-state index contributed by atoms with van der Waals surface area (Å²) >= 11 is 0. The van der Waals surface area contributed by atoms with Crippen molar-refractivity contribution in [1.29, 1.82) is 0 Å². The highest BCUT2D eigenvalue weighted by molar-refractivity contribution is 5.79. The molecule has 3 aromatic heterocycles. The average molecular weight is 478 g/mol. The van der Waals surface area contributed by atoms with Gasteiger partial charge in [0, 0.05) is 30.4 Å². The molecular weight excluding hydrogens is 450 g/mol. The van der Waals surface area contributed by atoms with Crippen LogP contribution in [0.1, 0.15) is 25.3 Å². The van der Waals surface area contributed by atoms with Gasteiger partial charge >= 0.3 is 0 Å². The quantitative estimate of drug-likeness (QED) is 0.433. The lowest BCUT2D eigenvalue weighted by atomic mass is 9.85. The van der Waals surface area contributed by atoms with Crippen molar-refractivity contribution >= 4 is 23.1 Å². The van der Waals surface area contributed by atoms with Gasteiger partial charge in [-0.3, -0.25) is 0 Å². The van der Waals surface area contributed by atoms with Gasteiger partial charge in [-0.2, -0.15) is 4.98 Å². The number of aromatic nitrogens is 5.